The van der Waals surface area contributed by atoms with Gasteiger partial charge in [0, 0.05) is 44.5 Å². The number of nitriles is 1. The Morgan fingerprint density at radius 3 is 2.79 bits per heavy atom. The molecule has 0 bridgehead atoms. The van der Waals surface area contributed by atoms with E-state index in [1.807, 2.05) is 30.3 Å². The molecule has 2 heterocycles. The van der Waals surface area contributed by atoms with E-state index in [4.69, 9.17) is 10.00 Å². The van der Waals surface area contributed by atoms with Gasteiger partial charge in [0.05, 0.1) is 0 Å². The number of nitrogens with zero attached hydrogens (tertiary/aromatic N) is 3. The zero-order valence-corrected chi connectivity index (χ0v) is 13.4. The van der Waals surface area contributed by atoms with Gasteiger partial charge in [0.1, 0.15) is 23.6 Å². The van der Waals surface area contributed by atoms with Crippen LogP contribution in [0.5, 0.6) is 5.75 Å². The SMILES string of the molecule is CC(=O)Nc1ccc(CN2CC(Oc3ccnc(C#N)c3)C2)cc1. The molecular weight excluding hydrogens is 304 g/mol. The molecule has 24 heavy (non-hydrogen) atoms. The van der Waals surface area contributed by atoms with E-state index in [0.717, 1.165) is 25.3 Å². The maximum atomic E-state index is 11.0. The third-order valence-corrected chi connectivity index (χ3v) is 3.75. The summed E-state index contributed by atoms with van der Waals surface area (Å²) in [5.41, 5.74) is 2.36. The van der Waals surface area contributed by atoms with Crippen LogP contribution in [0.3, 0.4) is 0 Å². The molecular formula is C18H18N4O2. The van der Waals surface area contributed by atoms with Crippen LogP contribution in [0.25, 0.3) is 0 Å². The fourth-order valence-electron chi connectivity index (χ4n) is 2.62. The van der Waals surface area contributed by atoms with E-state index in [1.165, 1.54) is 12.5 Å². The number of likely N-dealkylation sites (tertiary alicyclic amines) is 1. The minimum Gasteiger partial charge on any atom is -0.488 e. The van der Waals surface area contributed by atoms with Crippen molar-refractivity contribution in [2.75, 3.05) is 18.4 Å². The van der Waals surface area contributed by atoms with Crippen LogP contribution in [0.2, 0.25) is 0 Å². The number of anilines is 1. The molecule has 1 aliphatic rings. The first-order valence-corrected chi connectivity index (χ1v) is 7.74. The largest absolute Gasteiger partial charge is 0.488 e. The lowest BCUT2D eigenvalue weighted by atomic mass is 10.1. The molecule has 122 valence electrons. The number of pyridine rings is 1. The summed E-state index contributed by atoms with van der Waals surface area (Å²) in [4.78, 5) is 17.2. The van der Waals surface area contributed by atoms with Crippen LogP contribution in [0.4, 0.5) is 5.69 Å². The molecule has 6 heteroatoms. The summed E-state index contributed by atoms with van der Waals surface area (Å²) in [6, 6.07) is 13.3. The third kappa shape index (κ3) is 4.09. The molecule has 1 N–H and O–H groups in total. The number of carbonyl (C=O) groups is 1. The Hall–Kier alpha value is -2.91. The summed E-state index contributed by atoms with van der Waals surface area (Å²) in [6.07, 6.45) is 1.72. The van der Waals surface area contributed by atoms with E-state index in [2.05, 4.69) is 15.2 Å². The fraction of sp³-hybridized carbons (Fsp3) is 0.278. The van der Waals surface area contributed by atoms with Crippen molar-refractivity contribution in [2.24, 2.45) is 0 Å². The number of nitrogens with one attached hydrogen (secondary N) is 1. The lowest BCUT2D eigenvalue weighted by Crippen LogP contribution is -2.53. The van der Waals surface area contributed by atoms with E-state index in [1.54, 1.807) is 18.3 Å². The van der Waals surface area contributed by atoms with Gasteiger partial charge in [-0.05, 0) is 23.8 Å². The zero-order valence-electron chi connectivity index (χ0n) is 13.4. The summed E-state index contributed by atoms with van der Waals surface area (Å²) in [7, 11) is 0. The van der Waals surface area contributed by atoms with Crippen molar-refractivity contribution in [3.05, 3.63) is 53.9 Å². The van der Waals surface area contributed by atoms with Gasteiger partial charge in [-0.1, -0.05) is 12.1 Å². The number of hydrogen-bond donors (Lipinski definition) is 1. The van der Waals surface area contributed by atoms with E-state index < -0.39 is 0 Å². The molecule has 0 radical (unpaired) electrons. The van der Waals surface area contributed by atoms with Crippen LogP contribution in [0, 0.1) is 11.3 Å². The molecule has 0 spiro atoms. The van der Waals surface area contributed by atoms with Gasteiger partial charge >= 0.3 is 0 Å². The highest BCUT2D eigenvalue weighted by Crippen LogP contribution is 2.20. The van der Waals surface area contributed by atoms with Gasteiger partial charge in [0.2, 0.25) is 5.91 Å². The van der Waals surface area contributed by atoms with Crippen molar-refractivity contribution < 1.29 is 9.53 Å². The maximum absolute atomic E-state index is 11.0. The van der Waals surface area contributed by atoms with E-state index in [-0.39, 0.29) is 12.0 Å². The molecule has 1 aromatic carbocycles. The smallest absolute Gasteiger partial charge is 0.221 e. The second-order valence-electron chi connectivity index (χ2n) is 5.80. The van der Waals surface area contributed by atoms with Crippen LogP contribution in [-0.4, -0.2) is 35.0 Å². The molecule has 1 aliphatic heterocycles. The fourth-order valence-corrected chi connectivity index (χ4v) is 2.62. The quantitative estimate of drug-likeness (QED) is 0.913. The molecule has 1 saturated heterocycles. The molecule has 0 unspecified atom stereocenters. The first kappa shape index (κ1) is 16.0. The first-order chi connectivity index (χ1) is 11.6. The average Bonchev–Trinajstić information content (AvgIpc) is 2.54. The number of ether oxygens (including phenoxy) is 1. The minimum absolute atomic E-state index is 0.0684. The molecule has 1 aromatic heterocycles. The number of hydrogen-bond acceptors (Lipinski definition) is 5. The summed E-state index contributed by atoms with van der Waals surface area (Å²) < 4.78 is 5.84. The molecule has 2 aromatic rings. The molecule has 0 aliphatic carbocycles. The van der Waals surface area contributed by atoms with Crippen LogP contribution in [-0.2, 0) is 11.3 Å². The van der Waals surface area contributed by atoms with Gasteiger partial charge < -0.3 is 10.1 Å². The molecule has 1 amide bonds. The Morgan fingerprint density at radius 1 is 1.38 bits per heavy atom. The Balaban J connectivity index is 1.46. The van der Waals surface area contributed by atoms with E-state index in [9.17, 15) is 4.79 Å². The first-order valence-electron chi connectivity index (χ1n) is 7.74. The van der Waals surface area contributed by atoms with Crippen molar-refractivity contribution >= 4 is 11.6 Å². The highest BCUT2D eigenvalue weighted by atomic mass is 16.5. The highest BCUT2D eigenvalue weighted by Gasteiger charge is 2.28. The Kier molecular flexibility index (Phi) is 4.73. The number of amides is 1. The third-order valence-electron chi connectivity index (χ3n) is 3.75. The lowest BCUT2D eigenvalue weighted by molar-refractivity contribution is -0.114. The molecule has 6 nitrogen and oxygen atoms in total. The maximum Gasteiger partial charge on any atom is 0.221 e. The number of rotatable bonds is 5. The van der Waals surface area contributed by atoms with Gasteiger partial charge in [-0.15, -0.1) is 0 Å². The Bertz CT molecular complexity index is 761. The summed E-state index contributed by atoms with van der Waals surface area (Å²) in [6.45, 7) is 4.03. The molecule has 3 rings (SSSR count). The van der Waals surface area contributed by atoms with Crippen molar-refractivity contribution in [1.29, 1.82) is 5.26 Å². The number of benzene rings is 1. The molecule has 1 fully saturated rings. The number of carbonyl (C=O) groups excluding carboxylic acids is 1. The van der Waals surface area contributed by atoms with Crippen LogP contribution >= 0.6 is 0 Å². The summed E-state index contributed by atoms with van der Waals surface area (Å²) >= 11 is 0. The number of aromatic nitrogens is 1. The van der Waals surface area contributed by atoms with Crippen LogP contribution in [0.15, 0.2) is 42.6 Å². The second-order valence-corrected chi connectivity index (χ2v) is 5.80. The Labute approximate surface area is 140 Å². The van der Waals surface area contributed by atoms with Crippen LogP contribution < -0.4 is 10.1 Å². The summed E-state index contributed by atoms with van der Waals surface area (Å²) in [5.74, 6) is 0.618. The second kappa shape index (κ2) is 7.11. The van der Waals surface area contributed by atoms with Crippen molar-refractivity contribution in [3.63, 3.8) is 0 Å². The Morgan fingerprint density at radius 2 is 2.12 bits per heavy atom. The topological polar surface area (TPSA) is 78.2 Å². The van der Waals surface area contributed by atoms with E-state index >= 15 is 0 Å². The normalized spacial score (nSPS) is 14.5. The minimum atomic E-state index is -0.0684. The van der Waals surface area contributed by atoms with Gasteiger partial charge in [0.15, 0.2) is 0 Å². The highest BCUT2D eigenvalue weighted by molar-refractivity contribution is 5.88. The predicted octanol–water partition coefficient (Wildman–Crippen LogP) is 2.17. The van der Waals surface area contributed by atoms with Gasteiger partial charge in [-0.3, -0.25) is 9.69 Å². The predicted molar refractivity (Wildman–Crippen MR) is 89.4 cm³/mol. The monoisotopic (exact) mass is 322 g/mol. The molecule has 0 saturated carbocycles. The standard InChI is InChI=1S/C18H18N4O2/c1-13(23)21-15-4-2-14(3-5-15)10-22-11-18(12-22)24-17-6-7-20-16(8-17)9-19/h2-8,18H,10-12H2,1H3,(H,21,23). The van der Waals surface area contributed by atoms with Crippen molar-refractivity contribution in [1.82, 2.24) is 9.88 Å². The summed E-state index contributed by atoms with van der Waals surface area (Å²) in [5, 5.41) is 11.6. The van der Waals surface area contributed by atoms with Crippen molar-refractivity contribution in [2.45, 2.75) is 19.6 Å². The van der Waals surface area contributed by atoms with E-state index in [0.29, 0.717) is 11.4 Å². The molecule has 0 atom stereocenters. The zero-order chi connectivity index (χ0) is 16.9. The van der Waals surface area contributed by atoms with Gasteiger partial charge in [-0.2, -0.15) is 5.26 Å². The van der Waals surface area contributed by atoms with Gasteiger partial charge in [0.25, 0.3) is 0 Å². The average molecular weight is 322 g/mol. The lowest BCUT2D eigenvalue weighted by Gasteiger charge is -2.39. The van der Waals surface area contributed by atoms with Crippen molar-refractivity contribution in [3.8, 4) is 11.8 Å². The van der Waals surface area contributed by atoms with Gasteiger partial charge in [-0.25, -0.2) is 4.98 Å². The van der Waals surface area contributed by atoms with Crippen LogP contribution in [0.1, 0.15) is 18.2 Å².